The summed E-state index contributed by atoms with van der Waals surface area (Å²) in [7, 11) is 0. The molecule has 1 heterocycles. The zero-order chi connectivity index (χ0) is 5.98. The summed E-state index contributed by atoms with van der Waals surface area (Å²) in [5.41, 5.74) is 0.495. The van der Waals surface area contributed by atoms with Crippen molar-refractivity contribution < 1.29 is 0 Å². The van der Waals surface area contributed by atoms with Gasteiger partial charge in [-0.25, -0.2) is 0 Å². The predicted molar refractivity (Wildman–Crippen MR) is 30.5 cm³/mol. The average Bonchev–Trinajstić information content (AvgIpc) is 2.14. The van der Waals surface area contributed by atoms with Crippen molar-refractivity contribution in [1.29, 1.82) is 5.26 Å². The maximum Gasteiger partial charge on any atom is 0.119 e. The zero-order valence-electron chi connectivity index (χ0n) is 3.98. The van der Waals surface area contributed by atoms with Gasteiger partial charge >= 0.3 is 0 Å². The van der Waals surface area contributed by atoms with Crippen LogP contribution in [0.15, 0.2) is 12.3 Å². The average molecular weight is 127 g/mol. The summed E-state index contributed by atoms with van der Waals surface area (Å²) in [4.78, 5) is 2.66. The molecule has 0 saturated carbocycles. The minimum atomic E-state index is 0.495. The van der Waals surface area contributed by atoms with Gasteiger partial charge in [-0.05, 0) is 6.07 Å². The lowest BCUT2D eigenvalue weighted by atomic mass is 10.5. The Kier molecular flexibility index (Phi) is 1.23. The monoisotopic (exact) mass is 126 g/mol. The second kappa shape index (κ2) is 1.89. The Morgan fingerprint density at radius 2 is 2.50 bits per heavy atom. The van der Waals surface area contributed by atoms with Crippen LogP contribution in [0.5, 0.6) is 0 Å². The zero-order valence-corrected chi connectivity index (χ0v) is 4.74. The number of aromatic nitrogens is 1. The fourth-order valence-electron chi connectivity index (χ4n) is 0.432. The lowest BCUT2D eigenvalue weighted by Gasteiger charge is -1.67. The molecule has 0 amide bonds. The van der Waals surface area contributed by atoms with Gasteiger partial charge in [-0.1, -0.05) is 11.6 Å². The SMILES string of the molecule is N#Cc1cc(Cl)c[nH]1. The summed E-state index contributed by atoms with van der Waals surface area (Å²) < 4.78 is 0. The molecule has 0 aromatic carbocycles. The molecule has 1 rings (SSSR count). The van der Waals surface area contributed by atoms with Gasteiger partial charge in [0, 0.05) is 6.20 Å². The highest BCUT2D eigenvalue weighted by Crippen LogP contribution is 2.07. The fraction of sp³-hybridized carbons (Fsp3) is 0. The molecule has 0 fully saturated rings. The Bertz CT molecular complexity index is 221. The standard InChI is InChI=1S/C5H3ClN2/c6-4-1-5(2-7)8-3-4/h1,3,8H. The van der Waals surface area contributed by atoms with Crippen LogP contribution in [0, 0.1) is 11.3 Å². The van der Waals surface area contributed by atoms with E-state index in [0.29, 0.717) is 10.7 Å². The Morgan fingerprint density at radius 1 is 1.75 bits per heavy atom. The molecule has 0 spiro atoms. The molecule has 0 unspecified atom stereocenters. The van der Waals surface area contributed by atoms with E-state index in [-0.39, 0.29) is 0 Å². The van der Waals surface area contributed by atoms with Crippen molar-refractivity contribution >= 4 is 11.6 Å². The maximum atomic E-state index is 8.21. The van der Waals surface area contributed by atoms with Gasteiger partial charge in [0.25, 0.3) is 0 Å². The van der Waals surface area contributed by atoms with Crippen molar-refractivity contribution in [2.75, 3.05) is 0 Å². The first kappa shape index (κ1) is 5.20. The molecule has 2 nitrogen and oxygen atoms in total. The highest BCUT2D eigenvalue weighted by atomic mass is 35.5. The molecule has 0 bridgehead atoms. The molecule has 1 aromatic heterocycles. The van der Waals surface area contributed by atoms with Crippen molar-refractivity contribution in [2.45, 2.75) is 0 Å². The number of aromatic amines is 1. The third-order valence-electron chi connectivity index (χ3n) is 0.768. The molecule has 0 atom stereocenters. The number of hydrogen-bond donors (Lipinski definition) is 1. The number of halogens is 1. The highest BCUT2D eigenvalue weighted by molar-refractivity contribution is 6.30. The Hall–Kier alpha value is -0.940. The molecule has 1 aromatic rings. The van der Waals surface area contributed by atoms with Gasteiger partial charge in [-0.2, -0.15) is 5.26 Å². The van der Waals surface area contributed by atoms with Gasteiger partial charge in [-0.3, -0.25) is 0 Å². The van der Waals surface area contributed by atoms with Crippen LogP contribution in [-0.2, 0) is 0 Å². The number of nitrogens with zero attached hydrogens (tertiary/aromatic N) is 1. The summed E-state index contributed by atoms with van der Waals surface area (Å²) in [6.07, 6.45) is 1.57. The molecule has 40 valence electrons. The Labute approximate surface area is 51.7 Å². The van der Waals surface area contributed by atoms with Gasteiger partial charge in [0.1, 0.15) is 11.8 Å². The molecule has 1 N–H and O–H groups in total. The minimum Gasteiger partial charge on any atom is -0.352 e. The summed E-state index contributed by atoms with van der Waals surface area (Å²) in [5, 5.41) is 8.78. The first-order valence-electron chi connectivity index (χ1n) is 2.07. The molecule has 8 heavy (non-hydrogen) atoms. The fourth-order valence-corrected chi connectivity index (χ4v) is 0.596. The first-order valence-corrected chi connectivity index (χ1v) is 2.45. The normalized spacial score (nSPS) is 8.50. The van der Waals surface area contributed by atoms with E-state index in [2.05, 4.69) is 4.98 Å². The second-order valence-corrected chi connectivity index (χ2v) is 1.78. The van der Waals surface area contributed by atoms with Crippen molar-refractivity contribution in [3.63, 3.8) is 0 Å². The van der Waals surface area contributed by atoms with E-state index < -0.39 is 0 Å². The number of hydrogen-bond acceptors (Lipinski definition) is 1. The number of H-pyrrole nitrogens is 1. The number of nitriles is 1. The van der Waals surface area contributed by atoms with Gasteiger partial charge in [0.05, 0.1) is 5.02 Å². The maximum absolute atomic E-state index is 8.21. The second-order valence-electron chi connectivity index (χ2n) is 1.34. The highest BCUT2D eigenvalue weighted by Gasteiger charge is 1.90. The van der Waals surface area contributed by atoms with Crippen LogP contribution < -0.4 is 0 Å². The van der Waals surface area contributed by atoms with Crippen LogP contribution in [0.4, 0.5) is 0 Å². The summed E-state index contributed by atoms with van der Waals surface area (Å²) >= 11 is 5.46. The molecular formula is C5H3ClN2. The Morgan fingerprint density at radius 3 is 2.75 bits per heavy atom. The number of nitrogens with one attached hydrogen (secondary N) is 1. The van der Waals surface area contributed by atoms with Gasteiger partial charge in [-0.15, -0.1) is 0 Å². The van der Waals surface area contributed by atoms with E-state index in [1.807, 2.05) is 6.07 Å². The summed E-state index contributed by atoms with van der Waals surface area (Å²) in [6.45, 7) is 0. The van der Waals surface area contributed by atoms with Crippen molar-refractivity contribution in [2.24, 2.45) is 0 Å². The molecule has 0 aliphatic rings. The van der Waals surface area contributed by atoms with E-state index in [1.165, 1.54) is 0 Å². The third kappa shape index (κ3) is 0.824. The summed E-state index contributed by atoms with van der Waals surface area (Å²) in [6, 6.07) is 3.48. The quantitative estimate of drug-likeness (QED) is 0.563. The molecule has 0 aliphatic carbocycles. The van der Waals surface area contributed by atoms with Crippen LogP contribution >= 0.6 is 11.6 Å². The Balaban J connectivity index is 3.05. The summed E-state index contributed by atoms with van der Waals surface area (Å²) in [5.74, 6) is 0. The van der Waals surface area contributed by atoms with Gasteiger partial charge in [0.15, 0.2) is 0 Å². The van der Waals surface area contributed by atoms with E-state index in [1.54, 1.807) is 12.3 Å². The van der Waals surface area contributed by atoms with Crippen LogP contribution in [0.25, 0.3) is 0 Å². The van der Waals surface area contributed by atoms with Gasteiger partial charge in [0.2, 0.25) is 0 Å². The van der Waals surface area contributed by atoms with Crippen LogP contribution in [0.3, 0.4) is 0 Å². The van der Waals surface area contributed by atoms with E-state index in [9.17, 15) is 0 Å². The third-order valence-corrected chi connectivity index (χ3v) is 0.986. The van der Waals surface area contributed by atoms with Crippen molar-refractivity contribution in [3.05, 3.63) is 23.0 Å². The van der Waals surface area contributed by atoms with Crippen molar-refractivity contribution in [1.82, 2.24) is 4.98 Å². The van der Waals surface area contributed by atoms with E-state index in [4.69, 9.17) is 16.9 Å². The van der Waals surface area contributed by atoms with E-state index >= 15 is 0 Å². The molecular weight excluding hydrogens is 124 g/mol. The predicted octanol–water partition coefficient (Wildman–Crippen LogP) is 1.54. The van der Waals surface area contributed by atoms with Crippen LogP contribution in [0.2, 0.25) is 5.02 Å². The van der Waals surface area contributed by atoms with Gasteiger partial charge < -0.3 is 4.98 Å². The van der Waals surface area contributed by atoms with Crippen LogP contribution in [0.1, 0.15) is 5.69 Å². The largest absolute Gasteiger partial charge is 0.352 e. The minimum absolute atomic E-state index is 0.495. The molecule has 0 radical (unpaired) electrons. The number of rotatable bonds is 0. The lowest BCUT2D eigenvalue weighted by Crippen LogP contribution is -1.64. The lowest BCUT2D eigenvalue weighted by molar-refractivity contribution is 1.33. The molecule has 0 saturated heterocycles. The van der Waals surface area contributed by atoms with Crippen molar-refractivity contribution in [3.8, 4) is 6.07 Å². The van der Waals surface area contributed by atoms with Crippen LogP contribution in [-0.4, -0.2) is 4.98 Å². The molecule has 0 aliphatic heterocycles. The topological polar surface area (TPSA) is 39.6 Å². The molecule has 3 heteroatoms. The van der Waals surface area contributed by atoms with E-state index in [0.717, 1.165) is 0 Å². The smallest absolute Gasteiger partial charge is 0.119 e. The first-order chi connectivity index (χ1) is 3.83.